The van der Waals surface area contributed by atoms with Gasteiger partial charge < -0.3 is 10.2 Å². The minimum atomic E-state index is -3.95. The molecule has 0 bridgehead atoms. The van der Waals surface area contributed by atoms with Gasteiger partial charge in [0.25, 0.3) is 0 Å². The maximum absolute atomic E-state index is 13.9. The number of hydrogen-bond donors (Lipinski definition) is 1. The molecule has 0 aliphatic heterocycles. The molecule has 0 fully saturated rings. The fourth-order valence-electron chi connectivity index (χ4n) is 3.75. The van der Waals surface area contributed by atoms with Crippen molar-refractivity contribution in [1.29, 1.82) is 0 Å². The smallest absolute Gasteiger partial charge is 0.244 e. The molecule has 3 aromatic rings. The summed E-state index contributed by atoms with van der Waals surface area (Å²) in [5.74, 6) is -1.67. The predicted molar refractivity (Wildman–Crippen MR) is 139 cm³/mol. The molecule has 0 spiro atoms. The molecule has 3 rings (SSSR count). The van der Waals surface area contributed by atoms with Crippen LogP contribution in [0.3, 0.4) is 0 Å². The van der Waals surface area contributed by atoms with E-state index in [1.54, 1.807) is 24.3 Å². The van der Waals surface area contributed by atoms with E-state index < -0.39 is 40.2 Å². The molecule has 1 unspecified atom stereocenters. The highest BCUT2D eigenvalue weighted by molar-refractivity contribution is 7.92. The van der Waals surface area contributed by atoms with Crippen molar-refractivity contribution < 1.29 is 22.4 Å². The van der Waals surface area contributed by atoms with Gasteiger partial charge in [-0.3, -0.25) is 13.9 Å². The molecular weight excluding hydrogens is 505 g/mol. The van der Waals surface area contributed by atoms with Gasteiger partial charge in [0.2, 0.25) is 21.8 Å². The summed E-state index contributed by atoms with van der Waals surface area (Å²) in [7, 11) is -2.48. The number of carbonyl (C=O) groups is 2. The van der Waals surface area contributed by atoms with Gasteiger partial charge in [-0.25, -0.2) is 12.8 Å². The zero-order valence-corrected chi connectivity index (χ0v) is 21.5. The lowest BCUT2D eigenvalue weighted by Crippen LogP contribution is -2.52. The van der Waals surface area contributed by atoms with E-state index in [1.807, 2.05) is 30.3 Å². The zero-order valence-electron chi connectivity index (χ0n) is 19.9. The monoisotopic (exact) mass is 531 g/mol. The summed E-state index contributed by atoms with van der Waals surface area (Å²) in [6, 6.07) is 20.0. The first-order chi connectivity index (χ1) is 17.1. The van der Waals surface area contributed by atoms with E-state index >= 15 is 0 Å². The Labute approximate surface area is 215 Å². The molecule has 0 aliphatic carbocycles. The van der Waals surface area contributed by atoms with Crippen LogP contribution in [0, 0.1) is 5.82 Å². The third-order valence-corrected chi connectivity index (χ3v) is 6.95. The number of benzene rings is 3. The van der Waals surface area contributed by atoms with Crippen molar-refractivity contribution in [2.24, 2.45) is 0 Å². The molecule has 0 saturated heterocycles. The van der Waals surface area contributed by atoms with Crippen LogP contribution < -0.4 is 9.62 Å². The summed E-state index contributed by atoms with van der Waals surface area (Å²) in [6.45, 7) is -0.583. The lowest BCUT2D eigenvalue weighted by atomic mass is 10.0. The number of sulfonamides is 1. The lowest BCUT2D eigenvalue weighted by molar-refractivity contribution is -0.139. The predicted octanol–water partition coefficient (Wildman–Crippen LogP) is 3.63. The average Bonchev–Trinajstić information content (AvgIpc) is 2.85. The molecule has 0 aliphatic rings. The Balaban J connectivity index is 2.01. The first-order valence-corrected chi connectivity index (χ1v) is 13.3. The molecule has 0 radical (unpaired) electrons. The van der Waals surface area contributed by atoms with E-state index in [0.717, 1.165) is 22.2 Å². The summed E-state index contributed by atoms with van der Waals surface area (Å²) in [6.07, 6.45) is 1.15. The molecule has 1 N–H and O–H groups in total. The fraction of sp³-hybridized carbons (Fsp3) is 0.231. The van der Waals surface area contributed by atoms with Crippen LogP contribution in [0.2, 0.25) is 5.02 Å². The van der Waals surface area contributed by atoms with E-state index in [1.165, 1.54) is 30.1 Å². The molecular formula is C26H27ClFN3O4S. The molecule has 0 heterocycles. The van der Waals surface area contributed by atoms with Crippen molar-refractivity contribution in [3.05, 3.63) is 101 Å². The number of halogens is 2. The topological polar surface area (TPSA) is 86.8 Å². The normalized spacial score (nSPS) is 12.0. The van der Waals surface area contributed by atoms with E-state index in [4.69, 9.17) is 11.6 Å². The highest BCUT2D eigenvalue weighted by Crippen LogP contribution is 2.21. The molecule has 36 heavy (non-hydrogen) atoms. The van der Waals surface area contributed by atoms with Crippen LogP contribution in [0.5, 0.6) is 0 Å². The highest BCUT2D eigenvalue weighted by atomic mass is 35.5. The molecule has 2 amide bonds. The van der Waals surface area contributed by atoms with Crippen LogP contribution in [0.15, 0.2) is 78.9 Å². The maximum atomic E-state index is 13.9. The maximum Gasteiger partial charge on any atom is 0.244 e. The van der Waals surface area contributed by atoms with Crippen LogP contribution in [0.4, 0.5) is 10.1 Å². The van der Waals surface area contributed by atoms with Gasteiger partial charge in [0.05, 0.1) is 11.9 Å². The second-order valence-electron chi connectivity index (χ2n) is 8.22. The standard InChI is InChI=1S/C26H27ClFN3O4S/c1-29-26(33)24(15-19-7-4-3-5-8-19)30(17-20-11-13-21(27)14-12-20)25(32)18-31(36(2,34)35)23-10-6-9-22(28)16-23/h3-14,16,24H,15,17-18H2,1-2H3,(H,29,33). The number of rotatable bonds is 10. The summed E-state index contributed by atoms with van der Waals surface area (Å²) >= 11 is 6.00. The van der Waals surface area contributed by atoms with E-state index in [9.17, 15) is 22.4 Å². The number of nitrogens with one attached hydrogen (secondary N) is 1. The molecule has 190 valence electrons. The SMILES string of the molecule is CNC(=O)C(Cc1ccccc1)N(Cc1ccc(Cl)cc1)C(=O)CN(c1cccc(F)c1)S(C)(=O)=O. The first-order valence-electron chi connectivity index (χ1n) is 11.1. The number of nitrogens with zero attached hydrogens (tertiary/aromatic N) is 2. The van der Waals surface area contributed by atoms with Crippen molar-refractivity contribution >= 4 is 39.1 Å². The molecule has 3 aromatic carbocycles. The minimum absolute atomic E-state index is 0.0110. The Hall–Kier alpha value is -3.43. The van der Waals surface area contributed by atoms with E-state index in [-0.39, 0.29) is 18.7 Å². The Morgan fingerprint density at radius 2 is 1.64 bits per heavy atom. The van der Waals surface area contributed by atoms with Crippen LogP contribution in [-0.4, -0.2) is 51.0 Å². The second-order valence-corrected chi connectivity index (χ2v) is 10.6. The summed E-state index contributed by atoms with van der Waals surface area (Å²) in [5.41, 5.74) is 1.54. The highest BCUT2D eigenvalue weighted by Gasteiger charge is 2.32. The first kappa shape index (κ1) is 27.2. The van der Waals surface area contributed by atoms with Gasteiger partial charge in [0, 0.05) is 25.0 Å². The quantitative estimate of drug-likeness (QED) is 0.433. The van der Waals surface area contributed by atoms with Crippen LogP contribution in [0.1, 0.15) is 11.1 Å². The van der Waals surface area contributed by atoms with E-state index in [2.05, 4.69) is 5.32 Å². The number of likely N-dealkylation sites (N-methyl/N-ethyl adjacent to an activating group) is 1. The van der Waals surface area contributed by atoms with Crippen molar-refractivity contribution in [2.75, 3.05) is 24.2 Å². The van der Waals surface area contributed by atoms with Gasteiger partial charge in [0.1, 0.15) is 18.4 Å². The van der Waals surface area contributed by atoms with Gasteiger partial charge in [-0.15, -0.1) is 0 Å². The fourth-order valence-corrected chi connectivity index (χ4v) is 4.72. The van der Waals surface area contributed by atoms with Crippen molar-refractivity contribution in [3.8, 4) is 0 Å². The second kappa shape index (κ2) is 12.0. The number of anilines is 1. The number of amides is 2. The van der Waals surface area contributed by atoms with Gasteiger partial charge >= 0.3 is 0 Å². The van der Waals surface area contributed by atoms with Gasteiger partial charge in [-0.05, 0) is 41.5 Å². The minimum Gasteiger partial charge on any atom is -0.357 e. The average molecular weight is 532 g/mol. The molecule has 0 aromatic heterocycles. The van der Waals surface area contributed by atoms with E-state index in [0.29, 0.717) is 10.6 Å². The Kier molecular flexibility index (Phi) is 9.06. The molecule has 7 nitrogen and oxygen atoms in total. The number of carbonyl (C=O) groups excluding carboxylic acids is 2. The third kappa shape index (κ3) is 7.29. The molecule has 10 heteroatoms. The summed E-state index contributed by atoms with van der Waals surface area (Å²) in [4.78, 5) is 28.0. The Morgan fingerprint density at radius 1 is 0.972 bits per heavy atom. The van der Waals surface area contributed by atoms with Gasteiger partial charge in [-0.1, -0.05) is 60.1 Å². The van der Waals surface area contributed by atoms with Crippen molar-refractivity contribution in [1.82, 2.24) is 10.2 Å². The summed E-state index contributed by atoms with van der Waals surface area (Å²) in [5, 5.41) is 3.12. The van der Waals surface area contributed by atoms with Crippen molar-refractivity contribution in [2.45, 2.75) is 19.0 Å². The number of hydrogen-bond acceptors (Lipinski definition) is 4. The summed E-state index contributed by atoms with van der Waals surface area (Å²) < 4.78 is 39.9. The van der Waals surface area contributed by atoms with Crippen LogP contribution >= 0.6 is 11.6 Å². The third-order valence-electron chi connectivity index (χ3n) is 5.56. The lowest BCUT2D eigenvalue weighted by Gasteiger charge is -2.33. The van der Waals surface area contributed by atoms with Crippen molar-refractivity contribution in [3.63, 3.8) is 0 Å². The Bertz CT molecular complexity index is 1300. The van der Waals surface area contributed by atoms with Crippen LogP contribution in [0.25, 0.3) is 0 Å². The van der Waals surface area contributed by atoms with Gasteiger partial charge in [0.15, 0.2) is 0 Å². The largest absolute Gasteiger partial charge is 0.357 e. The zero-order chi connectivity index (χ0) is 26.3. The van der Waals surface area contributed by atoms with Gasteiger partial charge in [-0.2, -0.15) is 0 Å². The molecule has 0 saturated carbocycles. The Morgan fingerprint density at radius 3 is 2.22 bits per heavy atom. The molecule has 1 atom stereocenters. The van der Waals surface area contributed by atoms with Crippen LogP contribution in [-0.2, 0) is 32.6 Å².